The highest BCUT2D eigenvalue weighted by Gasteiger charge is 2.30. The van der Waals surface area contributed by atoms with Crippen LogP contribution in [0.4, 0.5) is 23.4 Å². The molecule has 0 saturated heterocycles. The second-order valence-corrected chi connectivity index (χ2v) is 8.95. The lowest BCUT2D eigenvalue weighted by Crippen LogP contribution is -2.11. The average molecular weight is 511 g/mol. The molecule has 1 unspecified atom stereocenters. The molecule has 2 aromatic carbocycles. The summed E-state index contributed by atoms with van der Waals surface area (Å²) in [6.45, 7) is 1.25. The number of anilines is 1. The maximum absolute atomic E-state index is 13.0. The smallest absolute Gasteiger partial charge is 0.416 e. The van der Waals surface area contributed by atoms with Crippen molar-refractivity contribution >= 4 is 16.8 Å². The Hall–Kier alpha value is -2.98. The molecule has 10 heteroatoms. The van der Waals surface area contributed by atoms with Gasteiger partial charge in [-0.1, -0.05) is 30.3 Å². The fourth-order valence-electron chi connectivity index (χ4n) is 3.38. The Labute approximate surface area is 204 Å². The van der Waals surface area contributed by atoms with Crippen LogP contribution in [0.2, 0.25) is 0 Å². The first-order valence-corrected chi connectivity index (χ1v) is 12.1. The summed E-state index contributed by atoms with van der Waals surface area (Å²) in [6.07, 6.45) is -0.936. The van der Waals surface area contributed by atoms with Gasteiger partial charge in [0.05, 0.1) is 17.1 Å². The average Bonchev–Trinajstić information content (AvgIpc) is 2.84. The van der Waals surface area contributed by atoms with Crippen LogP contribution < -0.4 is 9.46 Å². The van der Waals surface area contributed by atoms with Crippen molar-refractivity contribution in [2.75, 3.05) is 25.0 Å². The molecule has 35 heavy (non-hydrogen) atoms. The lowest BCUT2D eigenvalue weighted by molar-refractivity contribution is -0.137. The number of fused-ring (bicyclic) bond motifs is 1. The van der Waals surface area contributed by atoms with Gasteiger partial charge in [0.2, 0.25) is 5.95 Å². The van der Waals surface area contributed by atoms with Crippen molar-refractivity contribution in [1.82, 2.24) is 4.98 Å². The summed E-state index contributed by atoms with van der Waals surface area (Å²) in [5, 5.41) is 0. The van der Waals surface area contributed by atoms with Crippen LogP contribution in [-0.4, -0.2) is 29.5 Å². The van der Waals surface area contributed by atoms with Gasteiger partial charge in [-0.3, -0.25) is 4.72 Å². The van der Waals surface area contributed by atoms with E-state index < -0.39 is 28.7 Å². The van der Waals surface area contributed by atoms with Crippen molar-refractivity contribution in [2.24, 2.45) is 0 Å². The molecule has 188 valence electrons. The van der Waals surface area contributed by atoms with Gasteiger partial charge in [-0.15, -0.1) is 0 Å². The van der Waals surface area contributed by atoms with E-state index in [9.17, 15) is 21.8 Å². The number of nitrogens with one attached hydrogen (secondary N) is 1. The van der Waals surface area contributed by atoms with Crippen LogP contribution in [0.5, 0.6) is 5.75 Å². The van der Waals surface area contributed by atoms with Crippen molar-refractivity contribution in [1.29, 1.82) is 0 Å². The Morgan fingerprint density at radius 2 is 1.91 bits per heavy atom. The fraction of sp³-hybridized carbons (Fsp3) is 0.320. The zero-order valence-corrected chi connectivity index (χ0v) is 19.9. The van der Waals surface area contributed by atoms with Crippen molar-refractivity contribution in [3.8, 4) is 5.75 Å². The lowest BCUT2D eigenvalue weighted by atomic mass is 10.1. The summed E-state index contributed by atoms with van der Waals surface area (Å²) < 4.78 is 75.2. The van der Waals surface area contributed by atoms with Crippen LogP contribution in [0.1, 0.15) is 29.5 Å². The van der Waals surface area contributed by atoms with E-state index in [4.69, 9.17) is 9.47 Å². The molecule has 0 radical (unpaired) electrons. The van der Waals surface area contributed by atoms with Crippen LogP contribution in [0.3, 0.4) is 0 Å². The van der Waals surface area contributed by atoms with Gasteiger partial charge >= 0.3 is 6.18 Å². The van der Waals surface area contributed by atoms with Crippen molar-refractivity contribution in [2.45, 2.75) is 36.8 Å². The van der Waals surface area contributed by atoms with E-state index in [0.29, 0.717) is 30.1 Å². The second kappa shape index (κ2) is 12.6. The number of methoxy groups -OCH3 is 1. The van der Waals surface area contributed by atoms with E-state index in [1.807, 2.05) is 6.07 Å². The van der Waals surface area contributed by atoms with Crippen LogP contribution in [-0.2, 0) is 34.7 Å². The fourth-order valence-corrected chi connectivity index (χ4v) is 4.21. The predicted molar refractivity (Wildman–Crippen MR) is 126 cm³/mol. The lowest BCUT2D eigenvalue weighted by Gasteiger charge is -2.17. The molecule has 4 rings (SSSR count). The molecule has 1 N–H and O–H groups in total. The Morgan fingerprint density at radius 1 is 1.11 bits per heavy atom. The molecule has 5 nitrogen and oxygen atoms in total. The van der Waals surface area contributed by atoms with Gasteiger partial charge < -0.3 is 9.47 Å². The van der Waals surface area contributed by atoms with Gasteiger partial charge in [0.25, 0.3) is 0 Å². The highest BCUT2D eigenvalue weighted by molar-refractivity contribution is 7.86. The van der Waals surface area contributed by atoms with Gasteiger partial charge in [-0.25, -0.2) is 9.19 Å². The largest absolute Gasteiger partial charge is 0.493 e. The van der Waals surface area contributed by atoms with Crippen molar-refractivity contribution in [3.05, 3.63) is 83.3 Å². The van der Waals surface area contributed by atoms with Crippen LogP contribution in [0, 0.1) is 5.95 Å². The molecule has 2 heterocycles. The highest BCUT2D eigenvalue weighted by atomic mass is 32.2. The third kappa shape index (κ3) is 8.32. The van der Waals surface area contributed by atoms with Gasteiger partial charge in [-0.2, -0.15) is 17.6 Å². The maximum atomic E-state index is 13.0. The van der Waals surface area contributed by atoms with E-state index in [0.717, 1.165) is 36.6 Å². The number of alkyl halides is 3. The predicted octanol–water partition coefficient (Wildman–Crippen LogP) is 5.96. The van der Waals surface area contributed by atoms with Crippen LogP contribution in [0.25, 0.3) is 0 Å². The monoisotopic (exact) mass is 510 g/mol. The second-order valence-electron chi connectivity index (χ2n) is 7.73. The third-order valence-electron chi connectivity index (χ3n) is 5.08. The number of halogens is 4. The molecular weight excluding hydrogens is 484 g/mol. The number of ether oxygens (including phenoxy) is 2. The SMILES string of the molecule is COCCCc1cccc(C(F)(F)F)c1.O=S(Nc1cccc(F)n1)c1ccc2c(c1)OCCC2. The minimum absolute atomic E-state index is 0.238. The maximum Gasteiger partial charge on any atom is 0.416 e. The Morgan fingerprint density at radius 3 is 2.66 bits per heavy atom. The number of hydrogen-bond donors (Lipinski definition) is 1. The molecule has 1 aliphatic heterocycles. The zero-order valence-electron chi connectivity index (χ0n) is 19.1. The molecule has 0 fully saturated rings. The molecule has 1 atom stereocenters. The summed E-state index contributed by atoms with van der Waals surface area (Å²) >= 11 is 0. The van der Waals surface area contributed by atoms with Crippen LogP contribution >= 0.6 is 0 Å². The Kier molecular flexibility index (Phi) is 9.62. The number of benzene rings is 2. The van der Waals surface area contributed by atoms with Gasteiger partial charge in [-0.05, 0) is 67.1 Å². The molecule has 0 amide bonds. The number of nitrogens with zero attached hydrogens (tertiary/aromatic N) is 1. The first-order chi connectivity index (χ1) is 16.8. The first kappa shape index (κ1) is 26.6. The van der Waals surface area contributed by atoms with E-state index in [-0.39, 0.29) is 5.82 Å². The number of aryl methyl sites for hydroxylation is 2. The molecular formula is C25H26F4N2O3S. The Balaban J connectivity index is 0.000000205. The number of hydrogen-bond acceptors (Lipinski definition) is 4. The topological polar surface area (TPSA) is 60.5 Å². The van der Waals surface area contributed by atoms with Crippen molar-refractivity contribution < 1.29 is 31.2 Å². The molecule has 0 bridgehead atoms. The molecule has 3 aromatic rings. The van der Waals surface area contributed by atoms with Gasteiger partial charge in [0.15, 0.2) is 11.0 Å². The van der Waals surface area contributed by atoms with E-state index >= 15 is 0 Å². The third-order valence-corrected chi connectivity index (χ3v) is 6.16. The first-order valence-electron chi connectivity index (χ1n) is 11.0. The minimum atomic E-state index is -4.25. The number of aromatic nitrogens is 1. The standard InChI is InChI=1S/C14H13FN2O2S.C11H13F3O/c15-13-4-1-5-14(16-13)17-20(18)11-7-6-10-3-2-8-19-12(10)9-11;1-15-7-3-5-9-4-2-6-10(8-9)11(12,13)14/h1,4-7,9H,2-3,8H2,(H,16,17);2,4,6,8H,3,5,7H2,1H3. The molecule has 0 aliphatic carbocycles. The normalized spacial score (nSPS) is 13.6. The van der Waals surface area contributed by atoms with Gasteiger partial charge in [0, 0.05) is 13.7 Å². The molecule has 0 spiro atoms. The number of rotatable bonds is 7. The number of pyridine rings is 1. The van der Waals surface area contributed by atoms with Crippen molar-refractivity contribution in [3.63, 3.8) is 0 Å². The zero-order chi connectivity index (χ0) is 25.3. The summed E-state index contributed by atoms with van der Waals surface area (Å²) in [6, 6.07) is 15.2. The van der Waals surface area contributed by atoms with E-state index in [1.165, 1.54) is 24.3 Å². The summed E-state index contributed by atoms with van der Waals surface area (Å²) in [5.74, 6) is 0.402. The summed E-state index contributed by atoms with van der Waals surface area (Å²) in [4.78, 5) is 4.20. The van der Waals surface area contributed by atoms with Gasteiger partial charge in [0.1, 0.15) is 11.6 Å². The highest BCUT2D eigenvalue weighted by Crippen LogP contribution is 2.30. The summed E-state index contributed by atoms with van der Waals surface area (Å²) in [5.41, 5.74) is 1.24. The van der Waals surface area contributed by atoms with E-state index in [1.54, 1.807) is 31.4 Å². The molecule has 0 saturated carbocycles. The van der Waals surface area contributed by atoms with E-state index in [2.05, 4.69) is 9.71 Å². The molecule has 1 aliphatic rings. The Bertz CT molecular complexity index is 1140. The minimum Gasteiger partial charge on any atom is -0.493 e. The molecule has 1 aromatic heterocycles. The van der Waals surface area contributed by atoms with Crippen LogP contribution in [0.15, 0.2) is 65.6 Å². The summed E-state index contributed by atoms with van der Waals surface area (Å²) in [7, 11) is 0.0757. The quantitative estimate of drug-likeness (QED) is 0.242.